The normalized spacial score (nSPS) is 14.5. The number of carbonyl (C=O) groups is 3. The molecule has 3 aromatic rings. The Kier molecular flexibility index (Phi) is 7.04. The summed E-state index contributed by atoms with van der Waals surface area (Å²) in [7, 11) is 0. The van der Waals surface area contributed by atoms with Crippen LogP contribution in [0.15, 0.2) is 48.5 Å². The summed E-state index contributed by atoms with van der Waals surface area (Å²) >= 11 is 0. The van der Waals surface area contributed by atoms with Crippen molar-refractivity contribution in [2.45, 2.75) is 45.6 Å². The third-order valence-corrected chi connectivity index (χ3v) is 5.82. The van der Waals surface area contributed by atoms with Gasteiger partial charge in [0.1, 0.15) is 5.60 Å². The lowest BCUT2D eigenvalue weighted by atomic mass is 9.90. The lowest BCUT2D eigenvalue weighted by molar-refractivity contribution is -0.144. The molecular formula is C26H31N5O4. The van der Waals surface area contributed by atoms with Crippen molar-refractivity contribution >= 4 is 40.6 Å². The van der Waals surface area contributed by atoms with Crippen molar-refractivity contribution in [3.05, 3.63) is 54.1 Å². The Morgan fingerprint density at radius 1 is 1.06 bits per heavy atom. The summed E-state index contributed by atoms with van der Waals surface area (Å²) in [6.07, 6.45) is 2.12. The van der Waals surface area contributed by atoms with Gasteiger partial charge in [-0.25, -0.2) is 9.78 Å². The van der Waals surface area contributed by atoms with Crippen LogP contribution in [0, 0.1) is 5.92 Å². The average molecular weight is 478 g/mol. The standard InChI is InChI=1S/C26H31N5O4/c1-26(2,3)35-25(34)30-24-28-20-10-9-19(16-21(20)29-24)27-22(32)23(33)31-13-11-18(12-14-31)15-17-7-5-4-6-8-17/h4-10,16,18H,11-15H2,1-3H3,(H,27,32)(H2,28,29,30,34). The van der Waals surface area contributed by atoms with E-state index in [1.807, 2.05) is 18.2 Å². The second-order valence-electron chi connectivity index (χ2n) is 9.82. The van der Waals surface area contributed by atoms with Gasteiger partial charge < -0.3 is 19.9 Å². The summed E-state index contributed by atoms with van der Waals surface area (Å²) < 4.78 is 5.22. The van der Waals surface area contributed by atoms with Gasteiger partial charge in [0.25, 0.3) is 0 Å². The van der Waals surface area contributed by atoms with Gasteiger partial charge in [-0.3, -0.25) is 14.9 Å². The number of carbonyl (C=O) groups excluding carboxylic acids is 3. The number of fused-ring (bicyclic) bond motifs is 1. The van der Waals surface area contributed by atoms with E-state index >= 15 is 0 Å². The molecule has 1 fully saturated rings. The van der Waals surface area contributed by atoms with Crippen molar-refractivity contribution in [1.29, 1.82) is 0 Å². The minimum atomic E-state index is -0.669. The number of imidazole rings is 1. The minimum Gasteiger partial charge on any atom is -0.444 e. The molecule has 2 aromatic carbocycles. The molecule has 184 valence electrons. The Balaban J connectivity index is 1.31. The Morgan fingerprint density at radius 3 is 2.46 bits per heavy atom. The molecular weight excluding hydrogens is 446 g/mol. The smallest absolute Gasteiger partial charge is 0.414 e. The van der Waals surface area contributed by atoms with Crippen molar-refractivity contribution < 1.29 is 19.1 Å². The molecule has 0 bridgehead atoms. The van der Waals surface area contributed by atoms with E-state index in [0.29, 0.717) is 35.7 Å². The van der Waals surface area contributed by atoms with Crippen LogP contribution >= 0.6 is 0 Å². The Bertz CT molecular complexity index is 1210. The van der Waals surface area contributed by atoms with Crippen LogP contribution in [-0.2, 0) is 20.7 Å². The molecule has 4 rings (SSSR count). The molecule has 1 aliphatic rings. The van der Waals surface area contributed by atoms with Crippen LogP contribution in [0.4, 0.5) is 16.4 Å². The lowest BCUT2D eigenvalue weighted by Gasteiger charge is -2.31. The van der Waals surface area contributed by atoms with Gasteiger partial charge in [0.2, 0.25) is 5.95 Å². The maximum atomic E-state index is 12.7. The number of hydrogen-bond donors (Lipinski definition) is 3. The first-order chi connectivity index (χ1) is 16.7. The highest BCUT2D eigenvalue weighted by Crippen LogP contribution is 2.23. The van der Waals surface area contributed by atoms with Gasteiger partial charge in [-0.15, -0.1) is 0 Å². The number of ether oxygens (including phenoxy) is 1. The third kappa shape index (κ3) is 6.59. The van der Waals surface area contributed by atoms with Crippen LogP contribution in [-0.4, -0.2) is 51.5 Å². The number of anilines is 2. The molecule has 0 aliphatic carbocycles. The molecule has 0 saturated carbocycles. The highest BCUT2D eigenvalue weighted by Gasteiger charge is 2.27. The molecule has 0 unspecified atom stereocenters. The predicted octanol–water partition coefficient (Wildman–Crippen LogP) is 4.33. The summed E-state index contributed by atoms with van der Waals surface area (Å²) in [6, 6.07) is 15.4. The van der Waals surface area contributed by atoms with Gasteiger partial charge in [0.15, 0.2) is 0 Å². The summed E-state index contributed by atoms with van der Waals surface area (Å²) in [5.41, 5.74) is 2.33. The van der Waals surface area contributed by atoms with Crippen LogP contribution in [0.25, 0.3) is 11.0 Å². The minimum absolute atomic E-state index is 0.229. The molecule has 1 aliphatic heterocycles. The number of nitrogens with zero attached hydrogens (tertiary/aromatic N) is 2. The molecule has 35 heavy (non-hydrogen) atoms. The number of rotatable bonds is 4. The molecule has 0 spiro atoms. The SMILES string of the molecule is CC(C)(C)OC(=O)Nc1nc2ccc(NC(=O)C(=O)N3CCC(Cc4ccccc4)CC3)cc2[nH]1. The van der Waals surface area contributed by atoms with Crippen molar-refractivity contribution in [3.8, 4) is 0 Å². The Hall–Kier alpha value is -3.88. The van der Waals surface area contributed by atoms with Crippen molar-refractivity contribution in [3.63, 3.8) is 0 Å². The molecule has 1 saturated heterocycles. The van der Waals surface area contributed by atoms with Crippen molar-refractivity contribution in [2.24, 2.45) is 5.92 Å². The number of likely N-dealkylation sites (tertiary alicyclic amines) is 1. The van der Waals surface area contributed by atoms with Crippen LogP contribution in [0.2, 0.25) is 0 Å². The van der Waals surface area contributed by atoms with Crippen LogP contribution in [0.1, 0.15) is 39.2 Å². The largest absolute Gasteiger partial charge is 0.444 e. The fourth-order valence-corrected chi connectivity index (χ4v) is 4.16. The third-order valence-electron chi connectivity index (χ3n) is 5.82. The zero-order chi connectivity index (χ0) is 25.0. The van der Waals surface area contributed by atoms with Crippen molar-refractivity contribution in [2.75, 3.05) is 23.7 Å². The van der Waals surface area contributed by atoms with Crippen LogP contribution in [0.5, 0.6) is 0 Å². The fraction of sp³-hybridized carbons (Fsp3) is 0.385. The highest BCUT2D eigenvalue weighted by atomic mass is 16.6. The lowest BCUT2D eigenvalue weighted by Crippen LogP contribution is -2.44. The van der Waals surface area contributed by atoms with Gasteiger partial charge in [0, 0.05) is 18.8 Å². The van der Waals surface area contributed by atoms with E-state index in [1.165, 1.54) is 5.56 Å². The predicted molar refractivity (Wildman–Crippen MR) is 134 cm³/mol. The van der Waals surface area contributed by atoms with E-state index in [4.69, 9.17) is 4.74 Å². The van der Waals surface area contributed by atoms with E-state index in [9.17, 15) is 14.4 Å². The topological polar surface area (TPSA) is 116 Å². The Morgan fingerprint density at radius 2 is 1.77 bits per heavy atom. The molecule has 3 amide bonds. The molecule has 9 nitrogen and oxygen atoms in total. The van der Waals surface area contributed by atoms with Crippen LogP contribution < -0.4 is 10.6 Å². The first-order valence-electron chi connectivity index (χ1n) is 11.8. The molecule has 0 atom stereocenters. The van der Waals surface area contributed by atoms with Gasteiger partial charge in [-0.05, 0) is 69.7 Å². The number of piperidine rings is 1. The molecule has 9 heteroatoms. The number of aromatic nitrogens is 2. The van der Waals surface area contributed by atoms with E-state index < -0.39 is 23.5 Å². The zero-order valence-corrected chi connectivity index (χ0v) is 20.3. The van der Waals surface area contributed by atoms with Gasteiger partial charge in [-0.1, -0.05) is 30.3 Å². The van der Waals surface area contributed by atoms with Crippen molar-refractivity contribution in [1.82, 2.24) is 14.9 Å². The maximum Gasteiger partial charge on any atom is 0.414 e. The fourth-order valence-electron chi connectivity index (χ4n) is 4.16. The van der Waals surface area contributed by atoms with Gasteiger partial charge in [-0.2, -0.15) is 0 Å². The van der Waals surface area contributed by atoms with Gasteiger partial charge in [0.05, 0.1) is 11.0 Å². The molecule has 3 N–H and O–H groups in total. The monoisotopic (exact) mass is 477 g/mol. The van der Waals surface area contributed by atoms with E-state index in [1.54, 1.807) is 43.9 Å². The first kappa shape index (κ1) is 24.3. The summed E-state index contributed by atoms with van der Waals surface area (Å²) in [5, 5.41) is 5.23. The number of H-pyrrole nitrogens is 1. The quantitative estimate of drug-likeness (QED) is 0.484. The number of nitrogens with one attached hydrogen (secondary N) is 3. The number of benzene rings is 2. The second-order valence-corrected chi connectivity index (χ2v) is 9.82. The van der Waals surface area contributed by atoms with Crippen LogP contribution in [0.3, 0.4) is 0 Å². The maximum absolute atomic E-state index is 12.7. The zero-order valence-electron chi connectivity index (χ0n) is 20.3. The molecule has 1 aromatic heterocycles. The summed E-state index contributed by atoms with van der Waals surface area (Å²) in [4.78, 5) is 46.2. The number of aromatic amines is 1. The van der Waals surface area contributed by atoms with E-state index in [2.05, 4.69) is 32.7 Å². The van der Waals surface area contributed by atoms with E-state index in [-0.39, 0.29) is 5.95 Å². The van der Waals surface area contributed by atoms with E-state index in [0.717, 1.165) is 19.3 Å². The first-order valence-corrected chi connectivity index (χ1v) is 11.8. The summed E-state index contributed by atoms with van der Waals surface area (Å²) in [6.45, 7) is 6.46. The second kappa shape index (κ2) is 10.2. The van der Waals surface area contributed by atoms with Gasteiger partial charge >= 0.3 is 17.9 Å². The summed E-state index contributed by atoms with van der Waals surface area (Å²) in [5.74, 6) is -0.458. The number of hydrogen-bond acceptors (Lipinski definition) is 5. The number of amides is 3. The molecule has 2 heterocycles. The Labute approximate surface area is 204 Å². The highest BCUT2D eigenvalue weighted by molar-refractivity contribution is 6.39. The average Bonchev–Trinajstić information content (AvgIpc) is 3.19. The molecule has 0 radical (unpaired) electrons.